The highest BCUT2D eigenvalue weighted by molar-refractivity contribution is 5.94. The van der Waals surface area contributed by atoms with Crippen molar-refractivity contribution in [2.24, 2.45) is 5.41 Å². The van der Waals surface area contributed by atoms with Gasteiger partial charge in [-0.2, -0.15) is 0 Å². The molecule has 19 heavy (non-hydrogen) atoms. The van der Waals surface area contributed by atoms with Gasteiger partial charge in [-0.15, -0.1) is 0 Å². The van der Waals surface area contributed by atoms with Gasteiger partial charge in [-0.3, -0.25) is 4.79 Å². The van der Waals surface area contributed by atoms with Gasteiger partial charge in [-0.1, -0.05) is 19.0 Å². The first-order valence-electron chi connectivity index (χ1n) is 6.25. The fourth-order valence-electron chi connectivity index (χ4n) is 2.27. The molecular formula is C13H16N4O2. The van der Waals surface area contributed by atoms with Gasteiger partial charge in [0.1, 0.15) is 17.1 Å². The molecule has 0 radical (unpaired) electrons. The van der Waals surface area contributed by atoms with E-state index < -0.39 is 0 Å². The van der Waals surface area contributed by atoms with E-state index in [4.69, 9.17) is 4.52 Å². The third-order valence-corrected chi connectivity index (χ3v) is 3.25. The maximum atomic E-state index is 12.0. The van der Waals surface area contributed by atoms with Crippen LogP contribution in [0.3, 0.4) is 0 Å². The predicted molar refractivity (Wildman–Crippen MR) is 68.6 cm³/mol. The van der Waals surface area contributed by atoms with E-state index in [1.54, 1.807) is 6.07 Å². The number of carbonyl (C=O) groups is 1. The molecule has 1 aliphatic rings. The standard InChI is InChI=1S/C13H16N4O2/c1-7-4-8(17-19-7)11-15-9-5-13(2,3)6-14-12(18)10(9)16-11/h4H,5-6H2,1-3H3,(H,14,18)(H,15,16). The second-order valence-corrected chi connectivity index (χ2v) is 5.76. The van der Waals surface area contributed by atoms with E-state index in [9.17, 15) is 4.79 Å². The lowest BCUT2D eigenvalue weighted by Crippen LogP contribution is -2.32. The molecule has 0 aromatic carbocycles. The Hall–Kier alpha value is -2.11. The number of imidazole rings is 1. The number of nitrogens with one attached hydrogen (secondary N) is 2. The largest absolute Gasteiger partial charge is 0.361 e. The fraction of sp³-hybridized carbons (Fsp3) is 0.462. The molecule has 2 aromatic rings. The summed E-state index contributed by atoms with van der Waals surface area (Å²) in [6.07, 6.45) is 0.769. The normalized spacial score (nSPS) is 17.7. The smallest absolute Gasteiger partial charge is 0.271 e. The SMILES string of the molecule is Cc1cc(-c2nc3c([nH]2)CC(C)(C)CNC3=O)no1. The van der Waals surface area contributed by atoms with Gasteiger partial charge in [0.15, 0.2) is 5.82 Å². The Labute approximate surface area is 110 Å². The maximum Gasteiger partial charge on any atom is 0.271 e. The van der Waals surface area contributed by atoms with Crippen LogP contribution in [-0.2, 0) is 6.42 Å². The van der Waals surface area contributed by atoms with Gasteiger partial charge in [0.25, 0.3) is 5.91 Å². The van der Waals surface area contributed by atoms with Crippen molar-refractivity contribution in [3.05, 3.63) is 23.2 Å². The van der Waals surface area contributed by atoms with E-state index in [0.717, 1.165) is 12.1 Å². The number of aryl methyl sites for hydroxylation is 1. The second kappa shape index (κ2) is 3.94. The molecule has 6 nitrogen and oxygen atoms in total. The van der Waals surface area contributed by atoms with Crippen LogP contribution in [0.15, 0.2) is 10.6 Å². The molecule has 0 aliphatic carbocycles. The van der Waals surface area contributed by atoms with Gasteiger partial charge in [0, 0.05) is 18.3 Å². The summed E-state index contributed by atoms with van der Waals surface area (Å²) < 4.78 is 5.03. The number of amides is 1. The van der Waals surface area contributed by atoms with Crippen molar-refractivity contribution in [3.8, 4) is 11.5 Å². The van der Waals surface area contributed by atoms with Crippen LogP contribution in [0.4, 0.5) is 0 Å². The number of rotatable bonds is 1. The predicted octanol–water partition coefficient (Wildman–Crippen LogP) is 1.69. The van der Waals surface area contributed by atoms with Crippen molar-refractivity contribution in [1.29, 1.82) is 0 Å². The lowest BCUT2D eigenvalue weighted by Gasteiger charge is -2.21. The summed E-state index contributed by atoms with van der Waals surface area (Å²) in [6.45, 7) is 6.70. The lowest BCUT2D eigenvalue weighted by atomic mass is 9.88. The molecule has 0 saturated heterocycles. The minimum atomic E-state index is -0.136. The summed E-state index contributed by atoms with van der Waals surface area (Å²) in [5.74, 6) is 1.16. The fourth-order valence-corrected chi connectivity index (χ4v) is 2.27. The number of H-pyrrole nitrogens is 1. The molecule has 6 heteroatoms. The average molecular weight is 260 g/mol. The Kier molecular flexibility index (Phi) is 2.48. The number of fused-ring (bicyclic) bond motifs is 1. The Bertz CT molecular complexity index is 639. The van der Waals surface area contributed by atoms with Crippen molar-refractivity contribution < 1.29 is 9.32 Å². The average Bonchev–Trinajstić information content (AvgIpc) is 2.90. The Morgan fingerprint density at radius 1 is 1.42 bits per heavy atom. The number of aromatic amines is 1. The molecule has 0 unspecified atom stereocenters. The molecule has 3 rings (SSSR count). The number of hydrogen-bond donors (Lipinski definition) is 2. The van der Waals surface area contributed by atoms with Crippen molar-refractivity contribution in [2.75, 3.05) is 6.54 Å². The van der Waals surface area contributed by atoms with E-state index >= 15 is 0 Å². The highest BCUT2D eigenvalue weighted by Crippen LogP contribution is 2.27. The maximum absolute atomic E-state index is 12.0. The molecule has 0 atom stereocenters. The van der Waals surface area contributed by atoms with Crippen molar-refractivity contribution in [1.82, 2.24) is 20.4 Å². The van der Waals surface area contributed by atoms with Gasteiger partial charge < -0.3 is 14.8 Å². The molecule has 1 aliphatic heterocycles. The summed E-state index contributed by atoms with van der Waals surface area (Å²) >= 11 is 0. The summed E-state index contributed by atoms with van der Waals surface area (Å²) in [4.78, 5) is 19.6. The number of nitrogens with zero attached hydrogens (tertiary/aromatic N) is 2. The molecule has 0 bridgehead atoms. The monoisotopic (exact) mass is 260 g/mol. The summed E-state index contributed by atoms with van der Waals surface area (Å²) in [7, 11) is 0. The van der Waals surface area contributed by atoms with Gasteiger partial charge in [0.05, 0.1) is 0 Å². The van der Waals surface area contributed by atoms with Crippen molar-refractivity contribution in [3.63, 3.8) is 0 Å². The van der Waals surface area contributed by atoms with Crippen LogP contribution >= 0.6 is 0 Å². The van der Waals surface area contributed by atoms with E-state index in [-0.39, 0.29) is 11.3 Å². The highest BCUT2D eigenvalue weighted by Gasteiger charge is 2.30. The van der Waals surface area contributed by atoms with Crippen molar-refractivity contribution in [2.45, 2.75) is 27.2 Å². The first kappa shape index (κ1) is 12.0. The topological polar surface area (TPSA) is 83.8 Å². The molecule has 2 N–H and O–H groups in total. The zero-order valence-electron chi connectivity index (χ0n) is 11.2. The lowest BCUT2D eigenvalue weighted by molar-refractivity contribution is 0.0940. The van der Waals surface area contributed by atoms with Crippen LogP contribution in [0.1, 0.15) is 35.8 Å². The van der Waals surface area contributed by atoms with Gasteiger partial charge in [-0.05, 0) is 18.8 Å². The van der Waals surface area contributed by atoms with E-state index in [1.807, 2.05) is 6.92 Å². The van der Waals surface area contributed by atoms with Crippen LogP contribution in [0.2, 0.25) is 0 Å². The zero-order chi connectivity index (χ0) is 13.6. The van der Waals surface area contributed by atoms with Crippen LogP contribution in [0.5, 0.6) is 0 Å². The van der Waals surface area contributed by atoms with Crippen molar-refractivity contribution >= 4 is 5.91 Å². The Morgan fingerprint density at radius 2 is 2.21 bits per heavy atom. The number of hydrogen-bond acceptors (Lipinski definition) is 4. The third-order valence-electron chi connectivity index (χ3n) is 3.25. The van der Waals surface area contributed by atoms with Crippen LogP contribution in [0.25, 0.3) is 11.5 Å². The minimum absolute atomic E-state index is 0.00442. The molecule has 100 valence electrons. The minimum Gasteiger partial charge on any atom is -0.361 e. The Balaban J connectivity index is 2.05. The summed E-state index contributed by atoms with van der Waals surface area (Å²) in [5.41, 5.74) is 1.94. The zero-order valence-corrected chi connectivity index (χ0v) is 11.2. The second-order valence-electron chi connectivity index (χ2n) is 5.76. The van der Waals surface area contributed by atoms with Crippen LogP contribution in [-0.4, -0.2) is 27.6 Å². The molecular weight excluding hydrogens is 244 g/mol. The quantitative estimate of drug-likeness (QED) is 0.817. The third kappa shape index (κ3) is 2.14. The molecule has 0 spiro atoms. The first-order valence-corrected chi connectivity index (χ1v) is 6.25. The molecule has 3 heterocycles. The summed E-state index contributed by atoms with van der Waals surface area (Å²) in [5, 5.41) is 6.81. The van der Waals surface area contributed by atoms with E-state index in [1.165, 1.54) is 0 Å². The first-order chi connectivity index (χ1) is 8.94. The molecule has 0 fully saturated rings. The Morgan fingerprint density at radius 3 is 2.89 bits per heavy atom. The summed E-state index contributed by atoms with van der Waals surface area (Å²) in [6, 6.07) is 1.79. The van der Waals surface area contributed by atoms with E-state index in [0.29, 0.717) is 29.5 Å². The number of carbonyl (C=O) groups excluding carboxylic acids is 1. The molecule has 2 aromatic heterocycles. The van der Waals surface area contributed by atoms with Crippen LogP contribution < -0.4 is 5.32 Å². The van der Waals surface area contributed by atoms with Crippen LogP contribution in [0, 0.1) is 12.3 Å². The van der Waals surface area contributed by atoms with Gasteiger partial charge in [-0.25, -0.2) is 4.98 Å². The molecule has 1 amide bonds. The van der Waals surface area contributed by atoms with Gasteiger partial charge in [0.2, 0.25) is 0 Å². The molecule has 0 saturated carbocycles. The van der Waals surface area contributed by atoms with Gasteiger partial charge >= 0.3 is 0 Å². The van der Waals surface area contributed by atoms with E-state index in [2.05, 4.69) is 34.3 Å². The highest BCUT2D eigenvalue weighted by atomic mass is 16.5. The number of aromatic nitrogens is 3.